The summed E-state index contributed by atoms with van der Waals surface area (Å²) in [7, 11) is -3.18. The van der Waals surface area contributed by atoms with Crippen LogP contribution in [0.15, 0.2) is 12.3 Å². The Kier molecular flexibility index (Phi) is 3.62. The molecule has 0 radical (unpaired) electrons. The monoisotopic (exact) mass is 313 g/mol. The van der Waals surface area contributed by atoms with E-state index in [-0.39, 0.29) is 11.3 Å². The Morgan fingerprint density at radius 2 is 2.38 bits per heavy atom. The van der Waals surface area contributed by atoms with E-state index in [9.17, 15) is 8.42 Å². The molecular weight excluding hydrogens is 294 g/mol. The van der Waals surface area contributed by atoms with Crippen molar-refractivity contribution in [1.82, 2.24) is 14.3 Å². The van der Waals surface area contributed by atoms with E-state index in [1.165, 1.54) is 10.6 Å². The van der Waals surface area contributed by atoms with Gasteiger partial charge in [-0.3, -0.25) is 0 Å². The van der Waals surface area contributed by atoms with Gasteiger partial charge in [0.25, 0.3) is 0 Å². The highest BCUT2D eigenvalue weighted by molar-refractivity contribution is 7.88. The zero-order valence-corrected chi connectivity index (χ0v) is 13.0. The molecule has 1 aromatic heterocycles. The van der Waals surface area contributed by atoms with E-state index in [4.69, 9.17) is 9.47 Å². The Hall–Kier alpha value is -1.25. The molecule has 2 aliphatic rings. The van der Waals surface area contributed by atoms with E-state index in [1.807, 2.05) is 6.92 Å². The summed E-state index contributed by atoms with van der Waals surface area (Å²) in [5.41, 5.74) is 0.539. The predicted octanol–water partition coefficient (Wildman–Crippen LogP) is 0.0718. The fraction of sp³-hybridized carbons (Fsp3) is 0.692. The highest BCUT2D eigenvalue weighted by Gasteiger charge is 2.53. The summed E-state index contributed by atoms with van der Waals surface area (Å²) in [5.74, 6) is 0.164. The second-order valence-corrected chi connectivity index (χ2v) is 7.88. The maximum atomic E-state index is 11.7. The molecule has 0 saturated carbocycles. The van der Waals surface area contributed by atoms with Gasteiger partial charge in [-0.1, -0.05) is 0 Å². The van der Waals surface area contributed by atoms with Crippen LogP contribution in [0, 0.1) is 18.3 Å². The Balaban J connectivity index is 1.73. The van der Waals surface area contributed by atoms with Gasteiger partial charge in [0.15, 0.2) is 0 Å². The van der Waals surface area contributed by atoms with Gasteiger partial charge in [0.1, 0.15) is 6.61 Å². The van der Waals surface area contributed by atoms with Crippen LogP contribution in [0.4, 0.5) is 0 Å². The molecule has 2 saturated heterocycles. The van der Waals surface area contributed by atoms with Crippen LogP contribution in [-0.2, 0) is 14.8 Å². The van der Waals surface area contributed by atoms with Gasteiger partial charge < -0.3 is 9.47 Å². The van der Waals surface area contributed by atoms with Crippen molar-refractivity contribution in [1.29, 1.82) is 0 Å². The van der Waals surface area contributed by atoms with Crippen LogP contribution in [-0.4, -0.2) is 61.9 Å². The highest BCUT2D eigenvalue weighted by Crippen LogP contribution is 2.42. The van der Waals surface area contributed by atoms with Gasteiger partial charge in [-0.25, -0.2) is 22.7 Å². The van der Waals surface area contributed by atoms with Crippen molar-refractivity contribution in [2.24, 2.45) is 11.3 Å². The number of sulfonamides is 1. The van der Waals surface area contributed by atoms with Crippen LogP contribution < -0.4 is 4.74 Å². The van der Waals surface area contributed by atoms with Gasteiger partial charge in [0, 0.05) is 36.3 Å². The summed E-state index contributed by atoms with van der Waals surface area (Å²) < 4.78 is 36.3. The zero-order valence-electron chi connectivity index (χ0n) is 12.2. The van der Waals surface area contributed by atoms with Crippen molar-refractivity contribution in [2.75, 3.05) is 39.2 Å². The number of rotatable bonds is 4. The number of aromatic nitrogens is 2. The molecule has 3 heterocycles. The number of hydrogen-bond donors (Lipinski definition) is 0. The van der Waals surface area contributed by atoms with Crippen molar-refractivity contribution in [3.8, 4) is 6.01 Å². The van der Waals surface area contributed by atoms with Crippen molar-refractivity contribution in [3.05, 3.63) is 18.0 Å². The Morgan fingerprint density at radius 1 is 1.57 bits per heavy atom. The van der Waals surface area contributed by atoms with Crippen molar-refractivity contribution < 1.29 is 17.9 Å². The van der Waals surface area contributed by atoms with Crippen molar-refractivity contribution in [3.63, 3.8) is 0 Å². The van der Waals surface area contributed by atoms with Crippen LogP contribution in [0.2, 0.25) is 0 Å². The molecule has 0 aliphatic carbocycles. The summed E-state index contributed by atoms with van der Waals surface area (Å²) in [6.45, 7) is 4.25. The quantitative estimate of drug-likeness (QED) is 0.782. The van der Waals surface area contributed by atoms with Crippen LogP contribution >= 0.6 is 0 Å². The third kappa shape index (κ3) is 2.88. The fourth-order valence-electron chi connectivity index (χ4n) is 2.94. The van der Waals surface area contributed by atoms with E-state index in [0.29, 0.717) is 38.9 Å². The number of nitrogens with zero attached hydrogens (tertiary/aromatic N) is 3. The first kappa shape index (κ1) is 14.7. The third-order valence-electron chi connectivity index (χ3n) is 4.22. The van der Waals surface area contributed by atoms with E-state index < -0.39 is 10.0 Å². The first-order valence-electron chi connectivity index (χ1n) is 6.84. The topological polar surface area (TPSA) is 81.6 Å². The summed E-state index contributed by atoms with van der Waals surface area (Å²) in [5, 5.41) is 0. The van der Waals surface area contributed by atoms with E-state index in [2.05, 4.69) is 9.97 Å². The maximum Gasteiger partial charge on any atom is 0.316 e. The fourth-order valence-corrected chi connectivity index (χ4v) is 3.89. The van der Waals surface area contributed by atoms with Crippen LogP contribution in [0.25, 0.3) is 0 Å². The van der Waals surface area contributed by atoms with E-state index >= 15 is 0 Å². The molecule has 8 heteroatoms. The summed E-state index contributed by atoms with van der Waals surface area (Å²) in [6.07, 6.45) is 2.89. The molecule has 0 aromatic carbocycles. The summed E-state index contributed by atoms with van der Waals surface area (Å²) >= 11 is 0. The number of fused-ring (bicyclic) bond motifs is 1. The molecule has 21 heavy (non-hydrogen) atoms. The van der Waals surface area contributed by atoms with Crippen molar-refractivity contribution >= 4 is 10.0 Å². The second-order valence-electron chi connectivity index (χ2n) is 5.90. The SMILES string of the molecule is Cc1ccnc(OC[C@]23COC[C@H]2CN(S(C)(=O)=O)C3)n1. The van der Waals surface area contributed by atoms with Gasteiger partial charge >= 0.3 is 6.01 Å². The van der Waals surface area contributed by atoms with Gasteiger partial charge in [-0.05, 0) is 13.0 Å². The summed E-state index contributed by atoms with van der Waals surface area (Å²) in [4.78, 5) is 8.28. The molecule has 3 rings (SSSR count). The average Bonchev–Trinajstić information content (AvgIpc) is 2.92. The van der Waals surface area contributed by atoms with Crippen LogP contribution in [0.3, 0.4) is 0 Å². The first-order valence-corrected chi connectivity index (χ1v) is 8.69. The van der Waals surface area contributed by atoms with Crippen molar-refractivity contribution in [2.45, 2.75) is 6.92 Å². The van der Waals surface area contributed by atoms with Gasteiger partial charge in [-0.15, -0.1) is 0 Å². The first-order chi connectivity index (χ1) is 9.89. The second kappa shape index (κ2) is 5.19. The molecule has 1 aromatic rings. The maximum absolute atomic E-state index is 11.7. The molecule has 0 unspecified atom stereocenters. The van der Waals surface area contributed by atoms with Crippen LogP contribution in [0.5, 0.6) is 6.01 Å². The smallest absolute Gasteiger partial charge is 0.316 e. The molecule has 2 atom stereocenters. The minimum absolute atomic E-state index is 0.164. The van der Waals surface area contributed by atoms with E-state index in [0.717, 1.165) is 5.69 Å². The molecule has 0 bridgehead atoms. The number of aryl methyl sites for hydroxylation is 1. The molecule has 7 nitrogen and oxygen atoms in total. The van der Waals surface area contributed by atoms with Crippen LogP contribution in [0.1, 0.15) is 5.69 Å². The Bertz CT molecular complexity index is 636. The van der Waals surface area contributed by atoms with Gasteiger partial charge in [-0.2, -0.15) is 0 Å². The lowest BCUT2D eigenvalue weighted by molar-refractivity contribution is 0.0966. The predicted molar refractivity (Wildman–Crippen MR) is 75.4 cm³/mol. The Morgan fingerprint density at radius 3 is 3.10 bits per heavy atom. The third-order valence-corrected chi connectivity index (χ3v) is 5.44. The van der Waals surface area contributed by atoms with Gasteiger partial charge in [0.2, 0.25) is 10.0 Å². The largest absolute Gasteiger partial charge is 0.463 e. The number of hydrogen-bond acceptors (Lipinski definition) is 6. The lowest BCUT2D eigenvalue weighted by atomic mass is 9.82. The molecule has 116 valence electrons. The lowest BCUT2D eigenvalue weighted by Crippen LogP contribution is -2.38. The average molecular weight is 313 g/mol. The minimum atomic E-state index is -3.18. The minimum Gasteiger partial charge on any atom is -0.463 e. The summed E-state index contributed by atoms with van der Waals surface area (Å²) in [6, 6.07) is 2.13. The molecular formula is C13H19N3O4S. The molecule has 0 N–H and O–H groups in total. The van der Waals surface area contributed by atoms with E-state index in [1.54, 1.807) is 12.3 Å². The molecule has 0 spiro atoms. The normalized spacial score (nSPS) is 29.5. The Labute approximate surface area is 124 Å². The zero-order chi connectivity index (χ0) is 15.1. The molecule has 0 amide bonds. The standard InChI is InChI=1S/C13H19N3O4S/c1-10-3-4-14-12(15-10)20-9-13-7-16(21(2,17)18)5-11(13)6-19-8-13/h3-4,11H,5-9H2,1-2H3/t11-,13+/m1/s1. The number of ether oxygens (including phenoxy) is 2. The van der Waals surface area contributed by atoms with Gasteiger partial charge in [0.05, 0.1) is 19.5 Å². The molecule has 2 fully saturated rings. The highest BCUT2D eigenvalue weighted by atomic mass is 32.2. The molecule has 2 aliphatic heterocycles. The lowest BCUT2D eigenvalue weighted by Gasteiger charge is -2.26.